The summed E-state index contributed by atoms with van der Waals surface area (Å²) < 4.78 is 22.5. The average molecular weight is 544 g/mol. The predicted molar refractivity (Wildman–Crippen MR) is 154 cm³/mol. The van der Waals surface area contributed by atoms with Crippen molar-refractivity contribution in [1.82, 2.24) is 10.2 Å². The molecule has 1 N–H and O–H groups in total. The SMILES string of the molecule is [CH2]C(COC(=O)CCC(OCCCCCCCC)OCCCCCCCC)COC(=O)NC(C)CN(C)C. The Bertz CT molecular complexity index is 543. The van der Waals surface area contributed by atoms with E-state index in [4.69, 9.17) is 18.9 Å². The maximum absolute atomic E-state index is 12.3. The van der Waals surface area contributed by atoms with Gasteiger partial charge in [0.15, 0.2) is 6.29 Å². The van der Waals surface area contributed by atoms with Crippen LogP contribution in [0, 0.1) is 12.8 Å². The first-order valence-electron chi connectivity index (χ1n) is 15.1. The fraction of sp³-hybridized carbons (Fsp3) is 0.900. The third-order valence-electron chi connectivity index (χ3n) is 6.12. The van der Waals surface area contributed by atoms with Crippen molar-refractivity contribution in [3.8, 4) is 0 Å². The summed E-state index contributed by atoms with van der Waals surface area (Å²) in [6.07, 6.45) is 14.2. The van der Waals surface area contributed by atoms with Gasteiger partial charge in [0.1, 0.15) is 0 Å². The molecule has 38 heavy (non-hydrogen) atoms. The second kappa shape index (κ2) is 25.9. The van der Waals surface area contributed by atoms with Crippen LogP contribution < -0.4 is 5.32 Å². The number of hydrogen-bond donors (Lipinski definition) is 1. The minimum atomic E-state index is -0.493. The molecule has 0 aliphatic carbocycles. The lowest BCUT2D eigenvalue weighted by atomic mass is 10.1. The van der Waals surface area contributed by atoms with Crippen LogP contribution in [-0.4, -0.2) is 76.4 Å². The molecule has 2 atom stereocenters. The van der Waals surface area contributed by atoms with E-state index in [1.54, 1.807) is 0 Å². The molecule has 0 rings (SSSR count). The van der Waals surface area contributed by atoms with E-state index < -0.39 is 6.09 Å². The van der Waals surface area contributed by atoms with Gasteiger partial charge in [0.05, 0.1) is 19.6 Å². The number of nitrogens with zero attached hydrogens (tertiary/aromatic N) is 1. The fourth-order valence-corrected chi connectivity index (χ4v) is 4.01. The van der Waals surface area contributed by atoms with Gasteiger partial charge in [-0.05, 0) is 40.8 Å². The summed E-state index contributed by atoms with van der Waals surface area (Å²) in [5.74, 6) is -0.656. The van der Waals surface area contributed by atoms with Gasteiger partial charge < -0.3 is 29.2 Å². The molecular weight excluding hydrogens is 484 g/mol. The average Bonchev–Trinajstić information content (AvgIpc) is 2.87. The van der Waals surface area contributed by atoms with Gasteiger partial charge in [-0.15, -0.1) is 0 Å². The Hall–Kier alpha value is -1.38. The summed E-state index contributed by atoms with van der Waals surface area (Å²) in [7, 11) is 3.88. The maximum atomic E-state index is 12.3. The highest BCUT2D eigenvalue weighted by Gasteiger charge is 2.16. The molecule has 0 fully saturated rings. The van der Waals surface area contributed by atoms with Crippen molar-refractivity contribution in [1.29, 1.82) is 0 Å². The molecular formula is C30H59N2O6. The molecule has 0 heterocycles. The molecule has 0 aromatic rings. The number of unbranched alkanes of at least 4 members (excludes halogenated alkanes) is 10. The second-order valence-corrected chi connectivity index (χ2v) is 10.7. The predicted octanol–water partition coefficient (Wildman–Crippen LogP) is 6.52. The molecule has 1 amide bonds. The largest absolute Gasteiger partial charge is 0.465 e. The highest BCUT2D eigenvalue weighted by molar-refractivity contribution is 5.69. The van der Waals surface area contributed by atoms with E-state index >= 15 is 0 Å². The third kappa shape index (κ3) is 24.9. The van der Waals surface area contributed by atoms with Crippen molar-refractivity contribution < 1.29 is 28.5 Å². The van der Waals surface area contributed by atoms with Gasteiger partial charge >= 0.3 is 12.1 Å². The summed E-state index contributed by atoms with van der Waals surface area (Å²) >= 11 is 0. The number of likely N-dealkylation sites (N-methyl/N-ethyl adjacent to an activating group) is 1. The quantitative estimate of drug-likeness (QED) is 0.0755. The number of rotatable bonds is 26. The van der Waals surface area contributed by atoms with Crippen molar-refractivity contribution >= 4 is 12.1 Å². The van der Waals surface area contributed by atoms with Crippen LogP contribution in [0.4, 0.5) is 4.79 Å². The minimum Gasteiger partial charge on any atom is -0.465 e. The topological polar surface area (TPSA) is 86.3 Å². The number of amides is 1. The normalized spacial score (nSPS) is 13.1. The van der Waals surface area contributed by atoms with Crippen molar-refractivity contribution in [3.05, 3.63) is 6.92 Å². The molecule has 0 spiro atoms. The smallest absolute Gasteiger partial charge is 0.407 e. The van der Waals surface area contributed by atoms with Crippen LogP contribution in [0.25, 0.3) is 0 Å². The van der Waals surface area contributed by atoms with Gasteiger partial charge in [0.2, 0.25) is 0 Å². The first-order valence-corrected chi connectivity index (χ1v) is 15.1. The maximum Gasteiger partial charge on any atom is 0.407 e. The van der Waals surface area contributed by atoms with Crippen molar-refractivity contribution in [2.45, 2.75) is 123 Å². The van der Waals surface area contributed by atoms with Gasteiger partial charge in [-0.1, -0.05) is 78.1 Å². The summed E-state index contributed by atoms with van der Waals surface area (Å²) in [5, 5.41) is 2.76. The molecule has 0 aromatic carbocycles. The molecule has 0 aliphatic heterocycles. The lowest BCUT2D eigenvalue weighted by molar-refractivity contribution is -0.160. The summed E-state index contributed by atoms with van der Waals surface area (Å²) in [4.78, 5) is 26.2. The Balaban J connectivity index is 4.24. The zero-order chi connectivity index (χ0) is 28.4. The molecule has 0 saturated carbocycles. The second-order valence-electron chi connectivity index (χ2n) is 10.7. The summed E-state index contributed by atoms with van der Waals surface area (Å²) in [6.45, 7) is 12.5. The molecule has 0 saturated heterocycles. The first kappa shape index (κ1) is 36.6. The number of hydrogen-bond acceptors (Lipinski definition) is 7. The summed E-state index contributed by atoms with van der Waals surface area (Å²) in [5.41, 5.74) is 0. The van der Waals surface area contributed by atoms with Crippen molar-refractivity contribution in [3.63, 3.8) is 0 Å². The van der Waals surface area contributed by atoms with Gasteiger partial charge in [-0.3, -0.25) is 4.79 Å². The number of carbonyl (C=O) groups is 2. The van der Waals surface area contributed by atoms with Crippen LogP contribution in [0.15, 0.2) is 0 Å². The molecule has 2 unspecified atom stereocenters. The molecule has 1 radical (unpaired) electrons. The number of esters is 1. The lowest BCUT2D eigenvalue weighted by Crippen LogP contribution is -2.40. The number of carbonyl (C=O) groups excluding carboxylic acids is 2. The van der Waals surface area contributed by atoms with Crippen LogP contribution in [-0.2, 0) is 23.7 Å². The van der Waals surface area contributed by atoms with Gasteiger partial charge in [0.25, 0.3) is 0 Å². The Morgan fingerprint density at radius 1 is 0.789 bits per heavy atom. The van der Waals surface area contributed by atoms with E-state index in [0.717, 1.165) is 25.7 Å². The third-order valence-corrected chi connectivity index (χ3v) is 6.12. The zero-order valence-corrected chi connectivity index (χ0v) is 25.3. The Morgan fingerprint density at radius 2 is 1.29 bits per heavy atom. The van der Waals surface area contributed by atoms with E-state index in [9.17, 15) is 9.59 Å². The van der Waals surface area contributed by atoms with Gasteiger partial charge in [-0.25, -0.2) is 4.79 Å². The van der Waals surface area contributed by atoms with Gasteiger partial charge in [-0.2, -0.15) is 0 Å². The molecule has 8 heteroatoms. The van der Waals surface area contributed by atoms with Gasteiger partial charge in [0, 0.05) is 38.1 Å². The van der Waals surface area contributed by atoms with Crippen LogP contribution in [0.3, 0.4) is 0 Å². The van der Waals surface area contributed by atoms with E-state index in [0.29, 0.717) is 26.2 Å². The standard InChI is InChI=1S/C30H59N2O6/c1-7-9-11-13-15-17-21-35-29(36-22-18-16-14-12-10-8-2)20-19-28(33)37-24-26(3)25-38-30(34)31-27(4)23-32(5)6/h26-27,29H,3,7-25H2,1-2,4-6H3,(H,31,34). The van der Waals surface area contributed by atoms with E-state index in [1.807, 2.05) is 25.9 Å². The molecule has 8 nitrogen and oxygen atoms in total. The van der Waals surface area contributed by atoms with E-state index in [2.05, 4.69) is 26.1 Å². The van der Waals surface area contributed by atoms with E-state index in [-0.39, 0.29) is 43.9 Å². The minimum absolute atomic E-state index is 0.0295. The number of nitrogens with one attached hydrogen (secondary N) is 1. The Morgan fingerprint density at radius 3 is 1.82 bits per heavy atom. The monoisotopic (exact) mass is 543 g/mol. The Labute approximate surface area is 233 Å². The van der Waals surface area contributed by atoms with Crippen LogP contribution in [0.5, 0.6) is 0 Å². The van der Waals surface area contributed by atoms with Crippen molar-refractivity contribution in [2.24, 2.45) is 5.92 Å². The van der Waals surface area contributed by atoms with E-state index in [1.165, 1.54) is 51.4 Å². The molecule has 225 valence electrons. The van der Waals surface area contributed by atoms with Crippen LogP contribution >= 0.6 is 0 Å². The van der Waals surface area contributed by atoms with Crippen LogP contribution in [0.1, 0.15) is 111 Å². The molecule has 0 aromatic heterocycles. The number of ether oxygens (including phenoxy) is 4. The highest BCUT2D eigenvalue weighted by atomic mass is 16.7. The molecule has 0 aliphatic rings. The fourth-order valence-electron chi connectivity index (χ4n) is 4.01. The highest BCUT2D eigenvalue weighted by Crippen LogP contribution is 2.12. The molecule has 0 bridgehead atoms. The zero-order valence-electron chi connectivity index (χ0n) is 25.3. The first-order chi connectivity index (χ1) is 18.3. The Kier molecular flexibility index (Phi) is 24.9. The lowest BCUT2D eigenvalue weighted by Gasteiger charge is -2.19. The summed E-state index contributed by atoms with van der Waals surface area (Å²) in [6, 6.07) is -0.0295. The van der Waals surface area contributed by atoms with Crippen molar-refractivity contribution in [2.75, 3.05) is 47.1 Å². The van der Waals surface area contributed by atoms with Crippen LogP contribution in [0.2, 0.25) is 0 Å². The number of alkyl carbamates (subject to hydrolysis) is 1.